The van der Waals surface area contributed by atoms with Gasteiger partial charge in [-0.1, -0.05) is 6.07 Å². The first-order valence-corrected chi connectivity index (χ1v) is 10.4. The fourth-order valence-electron chi connectivity index (χ4n) is 6.77. The molecule has 27 heavy (non-hydrogen) atoms. The second kappa shape index (κ2) is 6.13. The second-order valence-corrected chi connectivity index (χ2v) is 9.45. The van der Waals surface area contributed by atoms with Crippen molar-refractivity contribution in [3.05, 3.63) is 24.3 Å². The van der Waals surface area contributed by atoms with E-state index in [9.17, 15) is 9.90 Å². The Balaban J connectivity index is 1.28. The van der Waals surface area contributed by atoms with Crippen LogP contribution in [0.25, 0.3) is 0 Å². The highest BCUT2D eigenvalue weighted by molar-refractivity contribution is 5.84. The highest BCUT2D eigenvalue weighted by atomic mass is 16.5. The van der Waals surface area contributed by atoms with Crippen molar-refractivity contribution in [2.75, 3.05) is 38.2 Å². The molecule has 0 spiro atoms. The molecular formula is C22H30N2O3. The van der Waals surface area contributed by atoms with Gasteiger partial charge in [-0.15, -0.1) is 0 Å². The van der Waals surface area contributed by atoms with Crippen LogP contribution in [0.15, 0.2) is 24.3 Å². The van der Waals surface area contributed by atoms with Crippen LogP contribution in [0.5, 0.6) is 5.75 Å². The molecule has 0 aromatic heterocycles. The van der Waals surface area contributed by atoms with Gasteiger partial charge in [0.2, 0.25) is 5.91 Å². The number of piperazine rings is 1. The Bertz CT molecular complexity index is 727. The number of nitrogens with zero attached hydrogens (tertiary/aromatic N) is 2. The number of rotatable bonds is 3. The molecule has 5 aliphatic rings. The normalized spacial score (nSPS) is 37.6. The Labute approximate surface area is 161 Å². The van der Waals surface area contributed by atoms with Gasteiger partial charge in [0.1, 0.15) is 5.75 Å². The minimum Gasteiger partial charge on any atom is -0.497 e. The molecule has 5 fully saturated rings. The van der Waals surface area contributed by atoms with Crippen LogP contribution in [0, 0.1) is 17.3 Å². The molecule has 1 N–H and O–H groups in total. The molecule has 4 bridgehead atoms. The lowest BCUT2D eigenvalue weighted by Crippen LogP contribution is -2.62. The van der Waals surface area contributed by atoms with Crippen LogP contribution in [0.3, 0.4) is 0 Å². The summed E-state index contributed by atoms with van der Waals surface area (Å²) in [5, 5.41) is 11.0. The van der Waals surface area contributed by atoms with Gasteiger partial charge in [0, 0.05) is 37.9 Å². The molecule has 5 heteroatoms. The zero-order chi connectivity index (χ0) is 18.6. The number of anilines is 1. The van der Waals surface area contributed by atoms with Crippen LogP contribution >= 0.6 is 0 Å². The van der Waals surface area contributed by atoms with Gasteiger partial charge < -0.3 is 19.6 Å². The number of methoxy groups -OCH3 is 1. The van der Waals surface area contributed by atoms with Crippen molar-refractivity contribution in [1.29, 1.82) is 0 Å². The van der Waals surface area contributed by atoms with Gasteiger partial charge in [0.05, 0.1) is 18.1 Å². The number of hydrogen-bond donors (Lipinski definition) is 1. The molecule has 4 aliphatic carbocycles. The predicted molar refractivity (Wildman–Crippen MR) is 104 cm³/mol. The van der Waals surface area contributed by atoms with Gasteiger partial charge in [-0.2, -0.15) is 0 Å². The Morgan fingerprint density at radius 3 is 2.44 bits per heavy atom. The molecule has 1 amide bonds. The fraction of sp³-hybridized carbons (Fsp3) is 0.682. The number of benzene rings is 1. The number of hydrogen-bond acceptors (Lipinski definition) is 4. The molecule has 1 heterocycles. The molecule has 1 aliphatic heterocycles. The molecule has 0 unspecified atom stereocenters. The summed E-state index contributed by atoms with van der Waals surface area (Å²) in [6.07, 6.45) is 5.76. The summed E-state index contributed by atoms with van der Waals surface area (Å²) < 4.78 is 5.34. The minimum atomic E-state index is -0.567. The predicted octanol–water partition coefficient (Wildman–Crippen LogP) is 2.68. The molecule has 1 saturated heterocycles. The number of ether oxygens (including phenoxy) is 1. The zero-order valence-electron chi connectivity index (χ0n) is 16.2. The Morgan fingerprint density at radius 1 is 1.11 bits per heavy atom. The van der Waals surface area contributed by atoms with Crippen molar-refractivity contribution in [2.24, 2.45) is 17.3 Å². The van der Waals surface area contributed by atoms with E-state index in [2.05, 4.69) is 21.9 Å². The van der Waals surface area contributed by atoms with E-state index in [0.29, 0.717) is 24.2 Å². The van der Waals surface area contributed by atoms with Crippen LogP contribution in [0.1, 0.15) is 38.5 Å². The third-order valence-electron chi connectivity index (χ3n) is 7.47. The Hall–Kier alpha value is -1.75. The smallest absolute Gasteiger partial charge is 0.229 e. The molecule has 0 radical (unpaired) electrons. The summed E-state index contributed by atoms with van der Waals surface area (Å²) in [6, 6.07) is 8.14. The van der Waals surface area contributed by atoms with E-state index in [0.717, 1.165) is 63.3 Å². The summed E-state index contributed by atoms with van der Waals surface area (Å²) in [7, 11) is 1.69. The van der Waals surface area contributed by atoms with E-state index in [1.807, 2.05) is 12.1 Å². The maximum Gasteiger partial charge on any atom is 0.229 e. The van der Waals surface area contributed by atoms with E-state index in [-0.39, 0.29) is 5.41 Å². The highest BCUT2D eigenvalue weighted by Gasteiger charge is 2.60. The average Bonchev–Trinajstić information content (AvgIpc) is 2.66. The summed E-state index contributed by atoms with van der Waals surface area (Å²) in [6.45, 7) is 3.25. The first kappa shape index (κ1) is 17.4. The van der Waals surface area contributed by atoms with Gasteiger partial charge in [-0.3, -0.25) is 4.79 Å². The SMILES string of the molecule is COc1cccc(N2CCN(C(=O)C34C[C@H]5C[C@@H](CC(O)(C5)C3)C4)CC2)c1. The summed E-state index contributed by atoms with van der Waals surface area (Å²) in [5.41, 5.74) is 0.310. The first-order valence-electron chi connectivity index (χ1n) is 10.4. The molecule has 6 rings (SSSR count). The molecule has 146 valence electrons. The number of amides is 1. The van der Waals surface area contributed by atoms with Gasteiger partial charge in [-0.05, 0) is 62.5 Å². The molecule has 4 saturated carbocycles. The van der Waals surface area contributed by atoms with Crippen LogP contribution in [-0.2, 0) is 4.79 Å². The molecule has 2 atom stereocenters. The van der Waals surface area contributed by atoms with E-state index >= 15 is 0 Å². The quantitative estimate of drug-likeness (QED) is 0.889. The average molecular weight is 370 g/mol. The van der Waals surface area contributed by atoms with Crippen molar-refractivity contribution >= 4 is 11.6 Å². The van der Waals surface area contributed by atoms with Gasteiger partial charge >= 0.3 is 0 Å². The first-order chi connectivity index (χ1) is 13.0. The zero-order valence-corrected chi connectivity index (χ0v) is 16.2. The molecule has 1 aromatic carbocycles. The van der Waals surface area contributed by atoms with E-state index in [1.165, 1.54) is 6.42 Å². The van der Waals surface area contributed by atoms with Crippen LogP contribution in [-0.4, -0.2) is 54.8 Å². The number of aliphatic hydroxyl groups is 1. The Kier molecular flexibility index (Phi) is 3.94. The van der Waals surface area contributed by atoms with Crippen molar-refractivity contribution in [1.82, 2.24) is 4.90 Å². The van der Waals surface area contributed by atoms with Gasteiger partial charge in [0.25, 0.3) is 0 Å². The summed E-state index contributed by atoms with van der Waals surface area (Å²) in [4.78, 5) is 17.9. The van der Waals surface area contributed by atoms with E-state index in [4.69, 9.17) is 4.74 Å². The molecule has 1 aromatic rings. The minimum absolute atomic E-state index is 0.281. The van der Waals surface area contributed by atoms with Gasteiger partial charge in [-0.25, -0.2) is 0 Å². The summed E-state index contributed by atoms with van der Waals surface area (Å²) in [5.74, 6) is 2.30. The second-order valence-electron chi connectivity index (χ2n) is 9.45. The van der Waals surface area contributed by atoms with E-state index < -0.39 is 5.60 Å². The third kappa shape index (κ3) is 2.91. The van der Waals surface area contributed by atoms with Crippen LogP contribution < -0.4 is 9.64 Å². The fourth-order valence-corrected chi connectivity index (χ4v) is 6.77. The lowest BCUT2D eigenvalue weighted by atomic mass is 9.47. The van der Waals surface area contributed by atoms with E-state index in [1.54, 1.807) is 7.11 Å². The van der Waals surface area contributed by atoms with Crippen molar-refractivity contribution in [3.8, 4) is 5.75 Å². The number of carbonyl (C=O) groups excluding carboxylic acids is 1. The molecule has 5 nitrogen and oxygen atoms in total. The van der Waals surface area contributed by atoms with Crippen molar-refractivity contribution in [2.45, 2.75) is 44.1 Å². The van der Waals surface area contributed by atoms with Crippen molar-refractivity contribution < 1.29 is 14.6 Å². The van der Waals surface area contributed by atoms with Crippen LogP contribution in [0.2, 0.25) is 0 Å². The largest absolute Gasteiger partial charge is 0.497 e. The van der Waals surface area contributed by atoms with Crippen molar-refractivity contribution in [3.63, 3.8) is 0 Å². The number of carbonyl (C=O) groups is 1. The topological polar surface area (TPSA) is 53.0 Å². The third-order valence-corrected chi connectivity index (χ3v) is 7.47. The summed E-state index contributed by atoms with van der Waals surface area (Å²) >= 11 is 0. The molecular weight excluding hydrogens is 340 g/mol. The van der Waals surface area contributed by atoms with Crippen LogP contribution in [0.4, 0.5) is 5.69 Å². The highest BCUT2D eigenvalue weighted by Crippen LogP contribution is 2.62. The standard InChI is InChI=1S/C22H30N2O3/c1-27-19-4-2-3-18(10-19)23-5-7-24(8-6-23)20(25)21-11-16-9-17(12-21)14-22(26,13-16)15-21/h2-4,10,16-17,26H,5-9,11-15H2,1H3/t16-,17-,21?,22?/m1/s1. The maximum absolute atomic E-state index is 13.5. The van der Waals surface area contributed by atoms with Gasteiger partial charge in [0.15, 0.2) is 0 Å². The lowest BCUT2D eigenvalue weighted by Gasteiger charge is -2.60. The maximum atomic E-state index is 13.5. The lowest BCUT2D eigenvalue weighted by molar-refractivity contribution is -0.186. The Morgan fingerprint density at radius 2 is 1.81 bits per heavy atom. The monoisotopic (exact) mass is 370 g/mol.